The van der Waals surface area contributed by atoms with E-state index in [9.17, 15) is 0 Å². The van der Waals surface area contributed by atoms with Crippen molar-refractivity contribution in [2.75, 3.05) is 6.61 Å². The van der Waals surface area contributed by atoms with Crippen molar-refractivity contribution >= 4 is 15.9 Å². The Labute approximate surface area is 93.6 Å². The fourth-order valence-electron chi connectivity index (χ4n) is 0.853. The van der Waals surface area contributed by atoms with Gasteiger partial charge in [0.05, 0.1) is 12.3 Å². The number of halogens is 1. The van der Waals surface area contributed by atoms with Crippen molar-refractivity contribution < 1.29 is 4.74 Å². The molecule has 3 nitrogen and oxygen atoms in total. The van der Waals surface area contributed by atoms with E-state index in [1.54, 1.807) is 0 Å². The number of hydrogen-bond acceptors (Lipinski definition) is 3. The molecule has 1 heterocycles. The van der Waals surface area contributed by atoms with Crippen LogP contribution in [0.2, 0.25) is 0 Å². The minimum Gasteiger partial charge on any atom is -0.477 e. The van der Waals surface area contributed by atoms with Gasteiger partial charge in [-0.3, -0.25) is 0 Å². The molecule has 0 aliphatic heterocycles. The summed E-state index contributed by atoms with van der Waals surface area (Å²) in [7, 11) is 0. The lowest BCUT2D eigenvalue weighted by molar-refractivity contribution is 0.261. The van der Waals surface area contributed by atoms with Crippen LogP contribution in [0.1, 0.15) is 19.5 Å². The van der Waals surface area contributed by atoms with Crippen molar-refractivity contribution in [1.29, 1.82) is 0 Å². The third kappa shape index (κ3) is 4.07. The second-order valence-corrected chi connectivity index (χ2v) is 4.28. The first kappa shape index (κ1) is 13.4. The van der Waals surface area contributed by atoms with Gasteiger partial charge in [-0.15, -0.1) is 0 Å². The molecule has 0 bridgehead atoms. The number of ether oxygens (including phenoxy) is 1. The average Bonchev–Trinajstić information content (AvgIpc) is 2.07. The Balaban J connectivity index is 0.00000169. The maximum Gasteiger partial charge on any atom is 0.213 e. The Morgan fingerprint density at radius 3 is 2.57 bits per heavy atom. The van der Waals surface area contributed by atoms with Gasteiger partial charge in [-0.1, -0.05) is 13.8 Å². The third-order valence-corrected chi connectivity index (χ3v) is 2.40. The molecule has 0 saturated heterocycles. The predicted octanol–water partition coefficient (Wildman–Crippen LogP) is 3.35. The highest BCUT2D eigenvalue weighted by Crippen LogP contribution is 2.17. The maximum atomic E-state index is 5.47. The highest BCUT2D eigenvalue weighted by atomic mass is 79.9. The van der Waals surface area contributed by atoms with E-state index >= 15 is 0 Å². The molecule has 0 spiro atoms. The van der Waals surface area contributed by atoms with Crippen LogP contribution in [0.4, 0.5) is 0 Å². The first-order valence-corrected chi connectivity index (χ1v) is 5.15. The Morgan fingerprint density at radius 1 is 1.43 bits per heavy atom. The van der Waals surface area contributed by atoms with E-state index in [-0.39, 0.29) is 6.15 Å². The van der Waals surface area contributed by atoms with E-state index in [0.29, 0.717) is 18.4 Å². The molecule has 4 heteroatoms. The molecule has 1 rings (SSSR count). The first-order valence-electron chi connectivity index (χ1n) is 4.35. The van der Waals surface area contributed by atoms with Gasteiger partial charge in [0.2, 0.25) is 5.88 Å². The molecule has 1 aromatic heterocycles. The Bertz CT molecular complexity index is 289. The van der Waals surface area contributed by atoms with E-state index < -0.39 is 0 Å². The van der Waals surface area contributed by atoms with Crippen molar-refractivity contribution in [3.63, 3.8) is 0 Å². The van der Waals surface area contributed by atoms with Gasteiger partial charge in [-0.25, -0.2) is 4.98 Å². The lowest BCUT2D eigenvalue weighted by Gasteiger charge is -2.08. The zero-order valence-corrected chi connectivity index (χ0v) is 10.5. The van der Waals surface area contributed by atoms with Crippen LogP contribution < -0.4 is 10.9 Å². The normalized spacial score (nSPS) is 9.79. The molecule has 0 atom stereocenters. The molecule has 0 amide bonds. The zero-order valence-electron chi connectivity index (χ0n) is 8.88. The number of hydrogen-bond donors (Lipinski definition) is 1. The molecule has 0 aliphatic rings. The molecular weight excluding hydrogens is 244 g/mol. The summed E-state index contributed by atoms with van der Waals surface area (Å²) in [6, 6.07) is 3.83. The SMILES string of the molecule is Cc1nc(OCC(C)C)ccc1Br.N. The zero-order chi connectivity index (χ0) is 9.84. The quantitative estimate of drug-likeness (QED) is 0.907. The van der Waals surface area contributed by atoms with E-state index in [1.807, 2.05) is 19.1 Å². The van der Waals surface area contributed by atoms with Gasteiger partial charge in [0.25, 0.3) is 0 Å². The van der Waals surface area contributed by atoms with Gasteiger partial charge >= 0.3 is 0 Å². The van der Waals surface area contributed by atoms with E-state index in [2.05, 4.69) is 34.8 Å². The van der Waals surface area contributed by atoms with Crippen molar-refractivity contribution in [2.45, 2.75) is 20.8 Å². The minimum absolute atomic E-state index is 0. The van der Waals surface area contributed by atoms with Gasteiger partial charge in [0, 0.05) is 10.5 Å². The number of nitrogens with zero attached hydrogens (tertiary/aromatic N) is 1. The highest BCUT2D eigenvalue weighted by Gasteiger charge is 2.00. The fourth-order valence-corrected chi connectivity index (χ4v) is 1.07. The molecule has 0 saturated carbocycles. The monoisotopic (exact) mass is 260 g/mol. The van der Waals surface area contributed by atoms with Crippen LogP contribution in [-0.2, 0) is 0 Å². The van der Waals surface area contributed by atoms with Crippen LogP contribution in [0, 0.1) is 12.8 Å². The second-order valence-electron chi connectivity index (χ2n) is 3.42. The van der Waals surface area contributed by atoms with Crippen molar-refractivity contribution in [2.24, 2.45) is 5.92 Å². The number of rotatable bonds is 3. The van der Waals surface area contributed by atoms with E-state index in [4.69, 9.17) is 4.74 Å². The summed E-state index contributed by atoms with van der Waals surface area (Å²) in [5.74, 6) is 1.24. The predicted molar refractivity (Wildman–Crippen MR) is 62.0 cm³/mol. The first-order chi connectivity index (χ1) is 6.09. The molecule has 14 heavy (non-hydrogen) atoms. The number of aromatic nitrogens is 1. The Morgan fingerprint density at radius 2 is 2.07 bits per heavy atom. The summed E-state index contributed by atoms with van der Waals surface area (Å²) >= 11 is 3.39. The number of aryl methyl sites for hydroxylation is 1. The van der Waals surface area contributed by atoms with Crippen LogP contribution in [0.25, 0.3) is 0 Å². The van der Waals surface area contributed by atoms with Crippen LogP contribution in [0.5, 0.6) is 5.88 Å². The molecule has 0 radical (unpaired) electrons. The summed E-state index contributed by atoms with van der Waals surface area (Å²) in [6.07, 6.45) is 0. The molecule has 0 fully saturated rings. The smallest absolute Gasteiger partial charge is 0.213 e. The van der Waals surface area contributed by atoms with Crippen molar-refractivity contribution in [1.82, 2.24) is 11.1 Å². The molecule has 80 valence electrons. The van der Waals surface area contributed by atoms with Crippen LogP contribution in [0.3, 0.4) is 0 Å². The fraction of sp³-hybridized carbons (Fsp3) is 0.500. The van der Waals surface area contributed by atoms with E-state index in [1.165, 1.54) is 0 Å². The van der Waals surface area contributed by atoms with Crippen LogP contribution in [0.15, 0.2) is 16.6 Å². The highest BCUT2D eigenvalue weighted by molar-refractivity contribution is 9.10. The summed E-state index contributed by atoms with van der Waals surface area (Å²) in [6.45, 7) is 6.90. The van der Waals surface area contributed by atoms with Crippen LogP contribution in [-0.4, -0.2) is 11.6 Å². The molecule has 3 N–H and O–H groups in total. The summed E-state index contributed by atoms with van der Waals surface area (Å²) in [4.78, 5) is 4.28. The molecular formula is C10H17BrN2O. The standard InChI is InChI=1S/C10H14BrNO.H3N/c1-7(2)6-13-10-5-4-9(11)8(3)12-10;/h4-5,7H,6H2,1-3H3;1H3. The second kappa shape index (κ2) is 5.98. The molecule has 1 aromatic rings. The van der Waals surface area contributed by atoms with Gasteiger partial charge < -0.3 is 10.9 Å². The topological polar surface area (TPSA) is 57.1 Å². The van der Waals surface area contributed by atoms with Gasteiger partial charge in [0.1, 0.15) is 0 Å². The molecule has 0 aliphatic carbocycles. The number of pyridine rings is 1. The average molecular weight is 261 g/mol. The Hall–Kier alpha value is -0.610. The lowest BCUT2D eigenvalue weighted by atomic mass is 10.2. The maximum absolute atomic E-state index is 5.47. The lowest BCUT2D eigenvalue weighted by Crippen LogP contribution is -2.05. The summed E-state index contributed by atoms with van der Waals surface area (Å²) < 4.78 is 6.49. The molecule has 0 unspecified atom stereocenters. The van der Waals surface area contributed by atoms with Gasteiger partial charge in [0.15, 0.2) is 0 Å². The Kier molecular flexibility index (Phi) is 5.72. The van der Waals surface area contributed by atoms with Crippen molar-refractivity contribution in [3.8, 4) is 5.88 Å². The summed E-state index contributed by atoms with van der Waals surface area (Å²) in [5, 5.41) is 0. The summed E-state index contributed by atoms with van der Waals surface area (Å²) in [5.41, 5.74) is 0.959. The van der Waals surface area contributed by atoms with Crippen LogP contribution >= 0.6 is 15.9 Å². The van der Waals surface area contributed by atoms with E-state index in [0.717, 1.165) is 10.2 Å². The van der Waals surface area contributed by atoms with Crippen molar-refractivity contribution in [3.05, 3.63) is 22.3 Å². The molecule has 0 aromatic carbocycles. The largest absolute Gasteiger partial charge is 0.477 e. The van der Waals surface area contributed by atoms with Gasteiger partial charge in [-0.05, 0) is 34.8 Å². The third-order valence-electron chi connectivity index (χ3n) is 1.56. The minimum atomic E-state index is 0. The van der Waals surface area contributed by atoms with Gasteiger partial charge in [-0.2, -0.15) is 0 Å².